The highest BCUT2D eigenvalue weighted by Crippen LogP contribution is 2.26. The zero-order valence-corrected chi connectivity index (χ0v) is 15.4. The van der Waals surface area contributed by atoms with Crippen molar-refractivity contribution in [1.29, 1.82) is 0 Å². The summed E-state index contributed by atoms with van der Waals surface area (Å²) in [5.74, 6) is -0.103. The molecule has 0 saturated carbocycles. The third-order valence-corrected chi connectivity index (χ3v) is 6.22. The first-order valence-corrected chi connectivity index (χ1v) is 9.65. The van der Waals surface area contributed by atoms with E-state index in [1.165, 1.54) is 19.2 Å². The van der Waals surface area contributed by atoms with Crippen LogP contribution in [0, 0.1) is 0 Å². The Labute approximate surface area is 157 Å². The summed E-state index contributed by atoms with van der Waals surface area (Å²) < 4.78 is 23.1. The lowest BCUT2D eigenvalue weighted by molar-refractivity contribution is 0.0997. The summed E-state index contributed by atoms with van der Waals surface area (Å²) in [5.41, 5.74) is 0.320. The maximum Gasteiger partial charge on any atom is 0.286 e. The number of nitrogens with zero attached hydrogens (tertiary/aromatic N) is 1. The topological polar surface area (TPSA) is 72.8 Å². The maximum atomic E-state index is 13.9. The van der Waals surface area contributed by atoms with Crippen molar-refractivity contribution in [2.24, 2.45) is 4.36 Å². The molecule has 0 aromatic heterocycles. The predicted octanol–water partition coefficient (Wildman–Crippen LogP) is 4.23. The molecule has 0 N–H and O–H groups in total. The Morgan fingerprint density at radius 1 is 0.889 bits per heavy atom. The van der Waals surface area contributed by atoms with E-state index < -0.39 is 15.6 Å². The minimum Gasteiger partial charge on any atom is -0.497 e. The number of hydrogen-bond acceptors (Lipinski definition) is 4. The van der Waals surface area contributed by atoms with E-state index in [-0.39, 0.29) is 11.1 Å². The van der Waals surface area contributed by atoms with Crippen LogP contribution in [0.25, 0.3) is 0 Å². The van der Waals surface area contributed by atoms with Gasteiger partial charge in [-0.3, -0.25) is 9.59 Å². The largest absolute Gasteiger partial charge is 0.497 e. The molecule has 3 rings (SSSR count). The number of benzene rings is 3. The predicted molar refractivity (Wildman–Crippen MR) is 103 cm³/mol. The quantitative estimate of drug-likeness (QED) is 0.622. The monoisotopic (exact) mass is 379 g/mol. The minimum absolute atomic E-state index is 0.115. The van der Waals surface area contributed by atoms with Crippen molar-refractivity contribution in [2.45, 2.75) is 9.79 Å². The summed E-state index contributed by atoms with van der Waals surface area (Å²) in [5, 5.41) is 0. The van der Waals surface area contributed by atoms with Gasteiger partial charge in [-0.15, -0.1) is 4.36 Å². The Morgan fingerprint density at radius 2 is 1.48 bits per heavy atom. The molecular weight excluding hydrogens is 362 g/mol. The molecule has 27 heavy (non-hydrogen) atoms. The summed E-state index contributed by atoms with van der Waals surface area (Å²) in [6, 6.07) is 21.5. The van der Waals surface area contributed by atoms with Crippen molar-refractivity contribution in [1.82, 2.24) is 0 Å². The summed E-state index contributed by atoms with van der Waals surface area (Å²) >= 11 is 0. The number of methoxy groups -OCH3 is 1. The Bertz CT molecular complexity index is 1080. The zero-order valence-electron chi connectivity index (χ0n) is 14.6. The molecule has 0 spiro atoms. The Hall–Kier alpha value is -3.25. The van der Waals surface area contributed by atoms with E-state index >= 15 is 0 Å². The van der Waals surface area contributed by atoms with Crippen molar-refractivity contribution in [3.63, 3.8) is 0 Å². The van der Waals surface area contributed by atoms with Crippen LogP contribution >= 0.6 is 0 Å². The van der Waals surface area contributed by atoms with Crippen molar-refractivity contribution in [3.8, 4) is 5.75 Å². The van der Waals surface area contributed by atoms with E-state index in [4.69, 9.17) is 4.74 Å². The number of ether oxygens (including phenoxy) is 1. The smallest absolute Gasteiger partial charge is 0.286 e. The van der Waals surface area contributed by atoms with Gasteiger partial charge in [0.1, 0.15) is 15.5 Å². The van der Waals surface area contributed by atoms with E-state index in [0.717, 1.165) is 0 Å². The molecule has 1 atom stereocenters. The first kappa shape index (κ1) is 18.5. The molecule has 136 valence electrons. The fraction of sp³-hybridized carbons (Fsp3) is 0.0476. The molecule has 0 bridgehead atoms. The Morgan fingerprint density at radius 3 is 2.11 bits per heavy atom. The van der Waals surface area contributed by atoms with E-state index in [2.05, 4.69) is 4.36 Å². The molecule has 0 radical (unpaired) electrons. The lowest BCUT2D eigenvalue weighted by Gasteiger charge is -2.11. The second kappa shape index (κ2) is 7.97. The number of hydrogen-bond donors (Lipinski definition) is 0. The molecule has 0 fully saturated rings. The van der Waals surface area contributed by atoms with Crippen LogP contribution in [0.3, 0.4) is 0 Å². The Balaban J connectivity index is 2.21. The number of amides is 1. The molecule has 3 aromatic rings. The molecule has 5 nitrogen and oxygen atoms in total. The number of carbonyl (C=O) groups excluding carboxylic acids is 2. The fourth-order valence-corrected chi connectivity index (χ4v) is 4.41. The molecular formula is C21H17NO4S. The van der Waals surface area contributed by atoms with Crippen molar-refractivity contribution in [2.75, 3.05) is 7.11 Å². The maximum absolute atomic E-state index is 13.9. The summed E-state index contributed by atoms with van der Waals surface area (Å²) in [6.45, 7) is 0. The summed E-state index contributed by atoms with van der Waals surface area (Å²) in [7, 11) is -1.70. The van der Waals surface area contributed by atoms with Gasteiger partial charge in [0, 0.05) is 5.56 Å². The number of carbonyl (C=O) groups is 2. The summed E-state index contributed by atoms with van der Waals surface area (Å²) in [4.78, 5) is 24.8. The van der Waals surface area contributed by atoms with E-state index in [1.54, 1.807) is 66.7 Å². The van der Waals surface area contributed by atoms with Gasteiger partial charge in [-0.2, -0.15) is 0 Å². The van der Waals surface area contributed by atoms with Crippen molar-refractivity contribution < 1.29 is 18.5 Å². The van der Waals surface area contributed by atoms with Gasteiger partial charge in [-0.25, -0.2) is 4.21 Å². The van der Waals surface area contributed by atoms with Crippen LogP contribution in [0.15, 0.2) is 93.0 Å². The normalized spacial score (nSPS) is 12.6. The molecule has 0 heterocycles. The molecule has 3 aromatic carbocycles. The SMILES string of the molecule is COc1ccc(S(=O)(=NC(=O)c2ccccc2C=O)c2ccccc2)cc1. The average molecular weight is 379 g/mol. The van der Waals surface area contributed by atoms with Crippen LogP contribution in [0.1, 0.15) is 20.7 Å². The number of rotatable bonds is 5. The van der Waals surface area contributed by atoms with E-state index in [9.17, 15) is 13.8 Å². The van der Waals surface area contributed by atoms with Gasteiger partial charge in [0.25, 0.3) is 5.91 Å². The zero-order chi connectivity index (χ0) is 19.3. The van der Waals surface area contributed by atoms with Gasteiger partial charge < -0.3 is 4.74 Å². The van der Waals surface area contributed by atoms with Crippen LogP contribution in [0.4, 0.5) is 0 Å². The summed E-state index contributed by atoms with van der Waals surface area (Å²) in [6.07, 6.45) is 0.584. The third kappa shape index (κ3) is 3.80. The van der Waals surface area contributed by atoms with Crippen molar-refractivity contribution in [3.05, 3.63) is 90.0 Å². The second-order valence-electron chi connectivity index (χ2n) is 5.62. The van der Waals surface area contributed by atoms with Gasteiger partial charge in [0.15, 0.2) is 6.29 Å². The van der Waals surface area contributed by atoms with Crippen LogP contribution in [-0.2, 0) is 9.73 Å². The Kier molecular flexibility index (Phi) is 5.47. The van der Waals surface area contributed by atoms with Gasteiger partial charge in [0.2, 0.25) is 0 Å². The minimum atomic E-state index is -3.24. The average Bonchev–Trinajstić information content (AvgIpc) is 2.74. The molecule has 0 aliphatic carbocycles. The van der Waals surface area contributed by atoms with Crippen LogP contribution < -0.4 is 4.74 Å². The highest BCUT2D eigenvalue weighted by molar-refractivity contribution is 7.94. The van der Waals surface area contributed by atoms with Crippen molar-refractivity contribution >= 4 is 21.9 Å². The van der Waals surface area contributed by atoms with Crippen LogP contribution in [-0.4, -0.2) is 23.5 Å². The lowest BCUT2D eigenvalue weighted by atomic mass is 10.1. The lowest BCUT2D eigenvalue weighted by Crippen LogP contribution is -2.08. The van der Waals surface area contributed by atoms with Crippen LogP contribution in [0.2, 0.25) is 0 Å². The van der Waals surface area contributed by atoms with Gasteiger partial charge in [-0.1, -0.05) is 36.4 Å². The standard InChI is InChI=1S/C21H17NO4S/c1-26-17-11-13-19(14-12-17)27(25,18-8-3-2-4-9-18)22-21(24)20-10-6-5-7-16(20)15-23/h2-15H,1H3. The molecule has 1 unspecified atom stereocenters. The van der Waals surface area contributed by atoms with Gasteiger partial charge in [0.05, 0.1) is 22.5 Å². The van der Waals surface area contributed by atoms with E-state index in [1.807, 2.05) is 0 Å². The number of aldehydes is 1. The molecule has 0 aliphatic heterocycles. The highest BCUT2D eigenvalue weighted by Gasteiger charge is 2.20. The molecule has 1 amide bonds. The van der Waals surface area contributed by atoms with Crippen LogP contribution in [0.5, 0.6) is 5.75 Å². The molecule has 0 saturated heterocycles. The highest BCUT2D eigenvalue weighted by atomic mass is 32.2. The molecule has 6 heteroatoms. The van der Waals surface area contributed by atoms with Gasteiger partial charge >= 0.3 is 0 Å². The van der Waals surface area contributed by atoms with E-state index in [0.29, 0.717) is 21.8 Å². The first-order chi connectivity index (χ1) is 13.1. The van der Waals surface area contributed by atoms with Gasteiger partial charge in [-0.05, 0) is 42.5 Å². The third-order valence-electron chi connectivity index (χ3n) is 3.97. The first-order valence-electron chi connectivity index (χ1n) is 8.13. The fourth-order valence-electron chi connectivity index (χ4n) is 2.57. The molecule has 0 aliphatic rings. The second-order valence-corrected chi connectivity index (χ2v) is 7.79.